The van der Waals surface area contributed by atoms with Gasteiger partial charge in [0, 0.05) is 49.1 Å². The number of aryl methyl sites for hydroxylation is 2. The number of aromatic amines is 1. The molecule has 0 atom stereocenters. The van der Waals surface area contributed by atoms with E-state index in [9.17, 15) is 4.79 Å². The molecular weight excluding hydrogens is 374 g/mol. The standard InChI is InChI=1S/C24H31N5O/c1-15-8-7-10-25-21(15)29-16(2)12-18(17(29)3)13-28-11-9-20-19(14-28)22(30)27-23(26-20)24(4,5)6/h7-8,10,12H,9,11,13-14H2,1-6H3,(H,26,27,30). The fourth-order valence-corrected chi connectivity index (χ4v) is 4.24. The van der Waals surface area contributed by atoms with Gasteiger partial charge in [-0.05, 0) is 44.0 Å². The predicted molar refractivity (Wildman–Crippen MR) is 119 cm³/mol. The van der Waals surface area contributed by atoms with Crippen LogP contribution in [0.4, 0.5) is 0 Å². The summed E-state index contributed by atoms with van der Waals surface area (Å²) < 4.78 is 2.23. The Kier molecular flexibility index (Phi) is 5.14. The molecule has 0 saturated heterocycles. The van der Waals surface area contributed by atoms with Crippen molar-refractivity contribution in [2.24, 2.45) is 0 Å². The van der Waals surface area contributed by atoms with Crippen LogP contribution in [0.2, 0.25) is 0 Å². The predicted octanol–water partition coefficient (Wildman–Crippen LogP) is 3.74. The molecule has 0 fully saturated rings. The van der Waals surface area contributed by atoms with Crippen LogP contribution in [0.15, 0.2) is 29.2 Å². The van der Waals surface area contributed by atoms with E-state index < -0.39 is 0 Å². The molecule has 0 aliphatic carbocycles. The lowest BCUT2D eigenvalue weighted by atomic mass is 9.95. The summed E-state index contributed by atoms with van der Waals surface area (Å²) in [5.74, 6) is 1.76. The molecule has 4 rings (SSSR count). The van der Waals surface area contributed by atoms with Gasteiger partial charge >= 0.3 is 0 Å². The van der Waals surface area contributed by atoms with Gasteiger partial charge in [0.05, 0.1) is 11.3 Å². The number of rotatable bonds is 3. The summed E-state index contributed by atoms with van der Waals surface area (Å²) in [6.07, 6.45) is 2.65. The van der Waals surface area contributed by atoms with E-state index in [1.807, 2.05) is 12.3 Å². The van der Waals surface area contributed by atoms with Crippen molar-refractivity contribution in [2.45, 2.75) is 66.5 Å². The van der Waals surface area contributed by atoms with Gasteiger partial charge in [-0.1, -0.05) is 26.8 Å². The summed E-state index contributed by atoms with van der Waals surface area (Å²) in [4.78, 5) is 27.5. The van der Waals surface area contributed by atoms with Gasteiger partial charge in [-0.15, -0.1) is 0 Å². The van der Waals surface area contributed by atoms with Gasteiger partial charge in [-0.3, -0.25) is 9.69 Å². The van der Waals surface area contributed by atoms with Crippen molar-refractivity contribution in [3.8, 4) is 5.82 Å². The van der Waals surface area contributed by atoms with Crippen LogP contribution in [0.3, 0.4) is 0 Å². The minimum absolute atomic E-state index is 0.00390. The molecule has 158 valence electrons. The summed E-state index contributed by atoms with van der Waals surface area (Å²) in [6.45, 7) is 14.9. The molecule has 0 radical (unpaired) electrons. The molecule has 0 spiro atoms. The Bertz CT molecular complexity index is 1150. The largest absolute Gasteiger partial charge is 0.310 e. The molecule has 3 aromatic heterocycles. The van der Waals surface area contributed by atoms with Crippen molar-refractivity contribution in [1.29, 1.82) is 0 Å². The number of nitrogens with zero attached hydrogens (tertiary/aromatic N) is 4. The third-order valence-corrected chi connectivity index (χ3v) is 5.98. The van der Waals surface area contributed by atoms with Crippen LogP contribution in [0, 0.1) is 20.8 Å². The lowest BCUT2D eigenvalue weighted by Gasteiger charge is -2.29. The fraction of sp³-hybridized carbons (Fsp3) is 0.458. The second-order valence-corrected chi connectivity index (χ2v) is 9.43. The normalized spacial score (nSPS) is 14.7. The maximum atomic E-state index is 12.7. The molecule has 0 unspecified atom stereocenters. The van der Waals surface area contributed by atoms with Gasteiger partial charge in [0.15, 0.2) is 0 Å². The Morgan fingerprint density at radius 3 is 2.67 bits per heavy atom. The third kappa shape index (κ3) is 3.72. The van der Waals surface area contributed by atoms with Gasteiger partial charge < -0.3 is 9.55 Å². The summed E-state index contributed by atoms with van der Waals surface area (Å²) in [5.41, 5.74) is 6.42. The highest BCUT2D eigenvalue weighted by molar-refractivity contribution is 5.41. The molecule has 1 aliphatic rings. The molecule has 0 aromatic carbocycles. The van der Waals surface area contributed by atoms with Crippen molar-refractivity contribution < 1.29 is 0 Å². The first-order valence-electron chi connectivity index (χ1n) is 10.6. The average Bonchev–Trinajstić information content (AvgIpc) is 2.95. The van der Waals surface area contributed by atoms with Crippen molar-refractivity contribution in [1.82, 2.24) is 24.4 Å². The van der Waals surface area contributed by atoms with Crippen LogP contribution in [0.5, 0.6) is 0 Å². The van der Waals surface area contributed by atoms with E-state index in [4.69, 9.17) is 4.98 Å². The molecule has 0 amide bonds. The van der Waals surface area contributed by atoms with E-state index in [2.05, 4.69) is 73.1 Å². The second kappa shape index (κ2) is 7.51. The monoisotopic (exact) mass is 405 g/mol. The SMILES string of the molecule is Cc1cccnc1-n1c(C)cc(CN2CCc3nc(C(C)(C)C)[nH]c(=O)c3C2)c1C. The van der Waals surface area contributed by atoms with E-state index in [1.54, 1.807) is 0 Å². The maximum absolute atomic E-state index is 12.7. The van der Waals surface area contributed by atoms with E-state index in [0.717, 1.165) is 48.0 Å². The highest BCUT2D eigenvalue weighted by Crippen LogP contribution is 2.25. The number of fused-ring (bicyclic) bond motifs is 1. The Morgan fingerprint density at radius 2 is 1.97 bits per heavy atom. The zero-order chi connectivity index (χ0) is 21.6. The van der Waals surface area contributed by atoms with Crippen LogP contribution in [0.25, 0.3) is 5.82 Å². The van der Waals surface area contributed by atoms with Gasteiger partial charge in [-0.25, -0.2) is 9.97 Å². The number of H-pyrrole nitrogens is 1. The molecule has 30 heavy (non-hydrogen) atoms. The van der Waals surface area contributed by atoms with Crippen LogP contribution in [0.1, 0.15) is 60.4 Å². The lowest BCUT2D eigenvalue weighted by molar-refractivity contribution is 0.240. The highest BCUT2D eigenvalue weighted by Gasteiger charge is 2.25. The molecule has 6 heteroatoms. The van der Waals surface area contributed by atoms with E-state index in [1.165, 1.54) is 17.0 Å². The number of pyridine rings is 1. The molecule has 4 heterocycles. The maximum Gasteiger partial charge on any atom is 0.255 e. The Balaban J connectivity index is 1.60. The van der Waals surface area contributed by atoms with Crippen LogP contribution in [-0.2, 0) is 24.9 Å². The van der Waals surface area contributed by atoms with Gasteiger partial charge in [-0.2, -0.15) is 0 Å². The zero-order valence-electron chi connectivity index (χ0n) is 18.8. The molecule has 1 N–H and O–H groups in total. The van der Waals surface area contributed by atoms with E-state index in [-0.39, 0.29) is 11.0 Å². The van der Waals surface area contributed by atoms with Gasteiger partial charge in [0.1, 0.15) is 11.6 Å². The number of hydrogen-bond acceptors (Lipinski definition) is 4. The Labute approximate surface area is 178 Å². The molecule has 3 aromatic rings. The number of aromatic nitrogens is 4. The quantitative estimate of drug-likeness (QED) is 0.721. The minimum atomic E-state index is -0.160. The molecule has 0 bridgehead atoms. The second-order valence-electron chi connectivity index (χ2n) is 9.43. The first-order chi connectivity index (χ1) is 14.1. The highest BCUT2D eigenvalue weighted by atomic mass is 16.1. The van der Waals surface area contributed by atoms with E-state index in [0.29, 0.717) is 6.54 Å². The lowest BCUT2D eigenvalue weighted by Crippen LogP contribution is -2.37. The van der Waals surface area contributed by atoms with Crippen molar-refractivity contribution in [3.63, 3.8) is 0 Å². The summed E-state index contributed by atoms with van der Waals surface area (Å²) in [5, 5.41) is 0. The van der Waals surface area contributed by atoms with E-state index >= 15 is 0 Å². The minimum Gasteiger partial charge on any atom is -0.310 e. The first-order valence-corrected chi connectivity index (χ1v) is 10.6. The summed E-state index contributed by atoms with van der Waals surface area (Å²) in [7, 11) is 0. The molecule has 6 nitrogen and oxygen atoms in total. The van der Waals surface area contributed by atoms with Gasteiger partial charge in [0.2, 0.25) is 0 Å². The molecule has 0 saturated carbocycles. The van der Waals surface area contributed by atoms with Gasteiger partial charge in [0.25, 0.3) is 5.56 Å². The average molecular weight is 406 g/mol. The first kappa shape index (κ1) is 20.5. The Hall–Kier alpha value is -2.73. The van der Waals surface area contributed by atoms with Crippen LogP contribution < -0.4 is 5.56 Å². The Morgan fingerprint density at radius 1 is 1.20 bits per heavy atom. The van der Waals surface area contributed by atoms with Crippen molar-refractivity contribution in [2.75, 3.05) is 6.54 Å². The molecular formula is C24H31N5O. The fourth-order valence-electron chi connectivity index (χ4n) is 4.24. The number of hydrogen-bond donors (Lipinski definition) is 1. The topological polar surface area (TPSA) is 66.8 Å². The van der Waals surface area contributed by atoms with Crippen molar-refractivity contribution in [3.05, 3.63) is 74.3 Å². The summed E-state index contributed by atoms with van der Waals surface area (Å²) in [6, 6.07) is 6.30. The zero-order valence-corrected chi connectivity index (χ0v) is 18.8. The number of nitrogens with one attached hydrogen (secondary N) is 1. The summed E-state index contributed by atoms with van der Waals surface area (Å²) >= 11 is 0. The molecule has 1 aliphatic heterocycles. The van der Waals surface area contributed by atoms with Crippen molar-refractivity contribution >= 4 is 0 Å². The van der Waals surface area contributed by atoms with Crippen LogP contribution >= 0.6 is 0 Å². The third-order valence-electron chi connectivity index (χ3n) is 5.98. The smallest absolute Gasteiger partial charge is 0.255 e. The van der Waals surface area contributed by atoms with Crippen LogP contribution in [-0.4, -0.2) is 31.0 Å².